The molecule has 0 N–H and O–H groups in total. The molecule has 4 rings (SSSR count). The van der Waals surface area contributed by atoms with E-state index in [0.29, 0.717) is 23.2 Å². The highest BCUT2D eigenvalue weighted by Crippen LogP contribution is 2.22. The lowest BCUT2D eigenvalue weighted by atomic mass is 10.1. The van der Waals surface area contributed by atoms with Gasteiger partial charge in [0.2, 0.25) is 5.82 Å². The molecule has 0 saturated heterocycles. The van der Waals surface area contributed by atoms with Crippen LogP contribution in [0.2, 0.25) is 5.02 Å². The largest absolute Gasteiger partial charge is 0.497 e. The van der Waals surface area contributed by atoms with Crippen LogP contribution in [0.4, 0.5) is 0 Å². The molecule has 0 bridgehead atoms. The summed E-state index contributed by atoms with van der Waals surface area (Å²) in [6.07, 6.45) is 0. The fourth-order valence-electron chi connectivity index (χ4n) is 2.45. The number of ether oxygens (including phenoxy) is 1. The zero-order valence-electron chi connectivity index (χ0n) is 13.8. The first-order valence-electron chi connectivity index (χ1n) is 7.85. The van der Waals surface area contributed by atoms with Crippen molar-refractivity contribution in [3.8, 4) is 28.4 Å². The molecule has 8 heteroatoms. The van der Waals surface area contributed by atoms with Gasteiger partial charge in [-0.15, -0.1) is 10.2 Å². The van der Waals surface area contributed by atoms with E-state index in [1.54, 1.807) is 19.2 Å². The second-order valence-corrected chi connectivity index (χ2v) is 5.99. The molecule has 0 aliphatic carbocycles. The third-order valence-electron chi connectivity index (χ3n) is 3.80. The summed E-state index contributed by atoms with van der Waals surface area (Å²) in [4.78, 5) is 1.46. The monoisotopic (exact) mass is 367 g/mol. The summed E-state index contributed by atoms with van der Waals surface area (Å²) < 4.78 is 10.5. The number of methoxy groups -OCH3 is 1. The summed E-state index contributed by atoms with van der Waals surface area (Å²) in [5.41, 5.74) is 2.52. The van der Waals surface area contributed by atoms with Gasteiger partial charge in [-0.05, 0) is 53.7 Å². The van der Waals surface area contributed by atoms with Crippen LogP contribution in [-0.4, -0.2) is 32.5 Å². The first-order chi connectivity index (χ1) is 12.7. The van der Waals surface area contributed by atoms with Crippen LogP contribution in [0.15, 0.2) is 59.1 Å². The topological polar surface area (TPSA) is 78.9 Å². The van der Waals surface area contributed by atoms with Crippen molar-refractivity contribution in [2.45, 2.75) is 6.54 Å². The Kier molecular flexibility index (Phi) is 4.37. The average molecular weight is 368 g/mol. The lowest BCUT2D eigenvalue weighted by Crippen LogP contribution is -2.03. The van der Waals surface area contributed by atoms with Crippen molar-refractivity contribution in [3.05, 3.63) is 65.4 Å². The van der Waals surface area contributed by atoms with E-state index in [0.717, 1.165) is 22.6 Å². The van der Waals surface area contributed by atoms with Crippen molar-refractivity contribution in [2.75, 3.05) is 7.11 Å². The van der Waals surface area contributed by atoms with Gasteiger partial charge in [0.25, 0.3) is 0 Å². The number of aromatic nitrogens is 5. The molecule has 7 nitrogen and oxygen atoms in total. The van der Waals surface area contributed by atoms with Crippen LogP contribution in [0.3, 0.4) is 0 Å². The molecule has 0 amide bonds. The van der Waals surface area contributed by atoms with Gasteiger partial charge in [-0.1, -0.05) is 16.8 Å². The maximum absolute atomic E-state index is 5.89. The Hall–Kier alpha value is -3.19. The Labute approximate surface area is 154 Å². The summed E-state index contributed by atoms with van der Waals surface area (Å²) in [6.45, 7) is 0.337. The average Bonchev–Trinajstić information content (AvgIpc) is 3.33. The quantitative estimate of drug-likeness (QED) is 0.535. The lowest BCUT2D eigenvalue weighted by Gasteiger charge is -1.99. The molecule has 2 heterocycles. The summed E-state index contributed by atoms with van der Waals surface area (Å²) in [7, 11) is 1.63. The standard InChI is InChI=1S/C18H14ClN5O2/c1-25-15-8-4-12(5-9-15)17-10-16(26-22-17)11-24-21-18(20-23-24)13-2-6-14(19)7-3-13/h2-10H,11H2,1H3. The van der Waals surface area contributed by atoms with Crippen LogP contribution in [0, 0.1) is 0 Å². The van der Waals surface area contributed by atoms with E-state index in [4.69, 9.17) is 20.9 Å². The molecule has 0 aliphatic rings. The van der Waals surface area contributed by atoms with E-state index >= 15 is 0 Å². The Morgan fingerprint density at radius 2 is 1.77 bits per heavy atom. The molecule has 0 radical (unpaired) electrons. The van der Waals surface area contributed by atoms with Crippen molar-refractivity contribution in [3.63, 3.8) is 0 Å². The van der Waals surface area contributed by atoms with Crippen molar-refractivity contribution < 1.29 is 9.26 Å². The smallest absolute Gasteiger partial charge is 0.204 e. The van der Waals surface area contributed by atoms with E-state index in [1.165, 1.54) is 4.80 Å². The highest BCUT2D eigenvalue weighted by atomic mass is 35.5. The van der Waals surface area contributed by atoms with Crippen LogP contribution >= 0.6 is 11.6 Å². The Bertz CT molecular complexity index is 1010. The molecular formula is C18H14ClN5O2. The predicted molar refractivity (Wildman–Crippen MR) is 95.9 cm³/mol. The summed E-state index contributed by atoms with van der Waals surface area (Å²) in [5.74, 6) is 1.95. The summed E-state index contributed by atoms with van der Waals surface area (Å²) in [6, 6.07) is 16.7. The van der Waals surface area contributed by atoms with Crippen LogP contribution in [-0.2, 0) is 6.54 Å². The van der Waals surface area contributed by atoms with E-state index in [1.807, 2.05) is 42.5 Å². The van der Waals surface area contributed by atoms with Crippen LogP contribution in [0.25, 0.3) is 22.6 Å². The molecule has 0 saturated carbocycles. The molecule has 2 aromatic heterocycles. The second-order valence-electron chi connectivity index (χ2n) is 5.56. The molecule has 0 unspecified atom stereocenters. The minimum Gasteiger partial charge on any atom is -0.497 e. The number of hydrogen-bond donors (Lipinski definition) is 0. The highest BCUT2D eigenvalue weighted by Gasteiger charge is 2.11. The van der Waals surface area contributed by atoms with Gasteiger partial charge in [0.05, 0.1) is 7.11 Å². The third-order valence-corrected chi connectivity index (χ3v) is 4.05. The van der Waals surface area contributed by atoms with E-state index < -0.39 is 0 Å². The SMILES string of the molecule is COc1ccc(-c2cc(Cn3nnc(-c4ccc(Cl)cc4)n3)on2)cc1. The van der Waals surface area contributed by atoms with Crippen molar-refractivity contribution in [2.24, 2.45) is 0 Å². The molecule has 0 aliphatic heterocycles. The fraction of sp³-hybridized carbons (Fsp3) is 0.111. The van der Waals surface area contributed by atoms with Crippen molar-refractivity contribution in [1.29, 1.82) is 0 Å². The zero-order valence-corrected chi connectivity index (χ0v) is 14.6. The minimum atomic E-state index is 0.337. The number of hydrogen-bond acceptors (Lipinski definition) is 6. The van der Waals surface area contributed by atoms with Crippen LogP contribution in [0.1, 0.15) is 5.76 Å². The molecule has 2 aromatic carbocycles. The summed E-state index contributed by atoms with van der Waals surface area (Å²) >= 11 is 5.89. The molecular weight excluding hydrogens is 354 g/mol. The third kappa shape index (κ3) is 3.43. The number of benzene rings is 2. The van der Waals surface area contributed by atoms with Crippen molar-refractivity contribution in [1.82, 2.24) is 25.4 Å². The van der Waals surface area contributed by atoms with Gasteiger partial charge in [0.1, 0.15) is 18.0 Å². The molecule has 4 aromatic rings. The summed E-state index contributed by atoms with van der Waals surface area (Å²) in [5, 5.41) is 17.2. The maximum atomic E-state index is 5.89. The molecule has 130 valence electrons. The van der Waals surface area contributed by atoms with E-state index in [2.05, 4.69) is 20.6 Å². The van der Waals surface area contributed by atoms with Gasteiger partial charge in [0.15, 0.2) is 5.76 Å². The Balaban J connectivity index is 1.49. The normalized spacial score (nSPS) is 10.8. The number of rotatable bonds is 5. The van der Waals surface area contributed by atoms with Crippen LogP contribution < -0.4 is 4.74 Å². The first-order valence-corrected chi connectivity index (χ1v) is 8.23. The Morgan fingerprint density at radius 1 is 1.04 bits per heavy atom. The number of tetrazole rings is 1. The molecule has 26 heavy (non-hydrogen) atoms. The van der Waals surface area contributed by atoms with Gasteiger partial charge in [-0.3, -0.25) is 0 Å². The molecule has 0 atom stereocenters. The minimum absolute atomic E-state index is 0.337. The fourth-order valence-corrected chi connectivity index (χ4v) is 2.58. The van der Waals surface area contributed by atoms with Crippen LogP contribution in [0.5, 0.6) is 5.75 Å². The first kappa shape index (κ1) is 16.3. The van der Waals surface area contributed by atoms with Gasteiger partial charge in [-0.25, -0.2) is 0 Å². The van der Waals surface area contributed by atoms with Gasteiger partial charge in [0, 0.05) is 22.2 Å². The number of halogens is 1. The van der Waals surface area contributed by atoms with Gasteiger partial charge in [-0.2, -0.15) is 4.80 Å². The second kappa shape index (κ2) is 6.97. The maximum Gasteiger partial charge on any atom is 0.204 e. The lowest BCUT2D eigenvalue weighted by molar-refractivity contribution is 0.364. The van der Waals surface area contributed by atoms with E-state index in [9.17, 15) is 0 Å². The molecule has 0 fully saturated rings. The predicted octanol–water partition coefficient (Wildman–Crippen LogP) is 3.71. The molecule has 0 spiro atoms. The Morgan fingerprint density at radius 3 is 2.50 bits per heavy atom. The van der Waals surface area contributed by atoms with Gasteiger partial charge < -0.3 is 9.26 Å². The number of nitrogens with zero attached hydrogens (tertiary/aromatic N) is 5. The highest BCUT2D eigenvalue weighted by molar-refractivity contribution is 6.30. The van der Waals surface area contributed by atoms with Crippen molar-refractivity contribution >= 4 is 11.6 Å². The zero-order chi connectivity index (χ0) is 17.9. The van der Waals surface area contributed by atoms with Gasteiger partial charge >= 0.3 is 0 Å². The van der Waals surface area contributed by atoms with E-state index in [-0.39, 0.29) is 0 Å².